The van der Waals surface area contributed by atoms with Gasteiger partial charge in [0.1, 0.15) is 11.9 Å². The molecule has 0 saturated carbocycles. The Hall–Kier alpha value is 0.0300. The minimum atomic E-state index is -1.10. The molecular weight excluding hydrogens is 319 g/mol. The van der Waals surface area contributed by atoms with Gasteiger partial charge in [0.05, 0.1) is 10.6 Å². The van der Waals surface area contributed by atoms with Crippen molar-refractivity contribution in [3.05, 3.63) is 34.1 Å². The molecule has 0 amide bonds. The van der Waals surface area contributed by atoms with E-state index in [2.05, 4.69) is 31.9 Å². The van der Waals surface area contributed by atoms with Gasteiger partial charge in [0.15, 0.2) is 0 Å². The number of benzene rings is 1. The molecule has 0 aliphatic heterocycles. The molecule has 0 aliphatic rings. The second-order valence-electron chi connectivity index (χ2n) is 2.81. The Kier molecular flexibility index (Phi) is 4.50. The lowest BCUT2D eigenvalue weighted by Crippen LogP contribution is -2.20. The minimum Gasteiger partial charge on any atom is -0.389 e. The Morgan fingerprint density at radius 1 is 1.36 bits per heavy atom. The van der Waals surface area contributed by atoms with Crippen molar-refractivity contribution < 1.29 is 14.6 Å². The molecule has 0 bridgehead atoms. The van der Waals surface area contributed by atoms with Gasteiger partial charge in [-0.3, -0.25) is 0 Å². The number of halogens is 3. The third kappa shape index (κ3) is 2.53. The lowest BCUT2D eigenvalue weighted by molar-refractivity contribution is 0.0336. The zero-order chi connectivity index (χ0) is 10.7. The van der Waals surface area contributed by atoms with Crippen LogP contribution in [0.2, 0.25) is 0 Å². The highest BCUT2D eigenvalue weighted by molar-refractivity contribution is 9.10. The summed E-state index contributed by atoms with van der Waals surface area (Å²) in [5, 5.41) is 19.2. The molecule has 0 saturated heterocycles. The fourth-order valence-electron chi connectivity index (χ4n) is 1.04. The first-order valence-electron chi connectivity index (χ1n) is 3.94. The maximum Gasteiger partial charge on any atom is 0.137 e. The zero-order valence-electron chi connectivity index (χ0n) is 7.12. The second kappa shape index (κ2) is 5.21. The van der Waals surface area contributed by atoms with Gasteiger partial charge in [-0.15, -0.1) is 0 Å². The van der Waals surface area contributed by atoms with Gasteiger partial charge in [-0.2, -0.15) is 0 Å². The van der Waals surface area contributed by atoms with Crippen LogP contribution in [0.4, 0.5) is 4.39 Å². The van der Waals surface area contributed by atoms with Crippen LogP contribution in [0.15, 0.2) is 22.7 Å². The Labute approximate surface area is 98.0 Å². The molecule has 2 unspecified atom stereocenters. The summed E-state index contributed by atoms with van der Waals surface area (Å²) in [6.07, 6.45) is -2.05. The predicted octanol–water partition coefficient (Wildman–Crippen LogP) is 2.38. The van der Waals surface area contributed by atoms with Crippen molar-refractivity contribution in [2.45, 2.75) is 12.2 Å². The molecule has 5 heteroatoms. The molecule has 1 rings (SSSR count). The van der Waals surface area contributed by atoms with Crippen LogP contribution in [0, 0.1) is 5.82 Å². The van der Waals surface area contributed by atoms with E-state index in [-0.39, 0.29) is 9.80 Å². The van der Waals surface area contributed by atoms with Gasteiger partial charge in [0, 0.05) is 10.9 Å². The van der Waals surface area contributed by atoms with Crippen LogP contribution in [0.25, 0.3) is 0 Å². The minimum absolute atomic E-state index is 0.188. The Morgan fingerprint density at radius 2 is 2.00 bits per heavy atom. The molecule has 0 aliphatic carbocycles. The lowest BCUT2D eigenvalue weighted by Gasteiger charge is -2.17. The molecule has 0 spiro atoms. The third-order valence-corrected chi connectivity index (χ3v) is 3.32. The maximum atomic E-state index is 13.1. The Balaban J connectivity index is 3.01. The van der Waals surface area contributed by atoms with Crippen LogP contribution in [-0.4, -0.2) is 21.6 Å². The molecule has 2 nitrogen and oxygen atoms in total. The summed E-state index contributed by atoms with van der Waals surface area (Å²) >= 11 is 6.05. The first kappa shape index (κ1) is 12.1. The average molecular weight is 328 g/mol. The Morgan fingerprint density at radius 3 is 2.57 bits per heavy atom. The number of hydrogen-bond acceptors (Lipinski definition) is 2. The van der Waals surface area contributed by atoms with Crippen LogP contribution in [0.5, 0.6) is 0 Å². The molecule has 2 N–H and O–H groups in total. The van der Waals surface area contributed by atoms with Crippen LogP contribution < -0.4 is 0 Å². The molecule has 0 aromatic heterocycles. The van der Waals surface area contributed by atoms with Crippen LogP contribution in [-0.2, 0) is 0 Å². The number of alkyl halides is 1. The monoisotopic (exact) mass is 326 g/mol. The summed E-state index contributed by atoms with van der Waals surface area (Å²) in [7, 11) is 0. The van der Waals surface area contributed by atoms with E-state index in [9.17, 15) is 14.6 Å². The summed E-state index contributed by atoms with van der Waals surface area (Å²) in [5.41, 5.74) is 0.344. The topological polar surface area (TPSA) is 40.5 Å². The fraction of sp³-hybridized carbons (Fsp3) is 0.333. The van der Waals surface area contributed by atoms with E-state index in [1.807, 2.05) is 0 Å². The number of aliphatic hydroxyl groups is 2. The third-order valence-electron chi connectivity index (χ3n) is 1.82. The summed E-state index contributed by atoms with van der Waals surface area (Å²) in [6.45, 7) is 0. The molecule has 1 aromatic carbocycles. The number of rotatable bonds is 3. The van der Waals surface area contributed by atoms with Crippen molar-refractivity contribution in [3.63, 3.8) is 0 Å². The van der Waals surface area contributed by atoms with Crippen LogP contribution in [0.3, 0.4) is 0 Å². The lowest BCUT2D eigenvalue weighted by atomic mass is 10.1. The predicted molar refractivity (Wildman–Crippen MR) is 58.9 cm³/mol. The van der Waals surface area contributed by atoms with Crippen molar-refractivity contribution in [3.8, 4) is 0 Å². The molecular formula is C9H9Br2FO2. The van der Waals surface area contributed by atoms with Crippen molar-refractivity contribution in [2.75, 3.05) is 5.33 Å². The Bertz CT molecular complexity index is 320. The fourth-order valence-corrected chi connectivity index (χ4v) is 1.89. The van der Waals surface area contributed by atoms with E-state index in [0.717, 1.165) is 0 Å². The van der Waals surface area contributed by atoms with Crippen molar-refractivity contribution in [1.82, 2.24) is 0 Å². The average Bonchev–Trinajstić information content (AvgIpc) is 2.20. The van der Waals surface area contributed by atoms with Gasteiger partial charge in [-0.1, -0.05) is 28.1 Å². The van der Waals surface area contributed by atoms with Gasteiger partial charge in [0.2, 0.25) is 0 Å². The first-order valence-corrected chi connectivity index (χ1v) is 5.85. The molecule has 1 aromatic rings. The van der Waals surface area contributed by atoms with Crippen LogP contribution >= 0.6 is 31.9 Å². The highest BCUT2D eigenvalue weighted by Gasteiger charge is 2.20. The van der Waals surface area contributed by atoms with E-state index in [1.54, 1.807) is 6.07 Å². The standard InChI is InChI=1S/C9H9Br2FO2/c10-4-7(13)9(14)5-2-1-3-6(12)8(5)11/h1-3,7,9,13-14H,4H2. The number of aliphatic hydroxyl groups excluding tert-OH is 2. The van der Waals surface area contributed by atoms with E-state index < -0.39 is 18.0 Å². The molecule has 0 radical (unpaired) electrons. The smallest absolute Gasteiger partial charge is 0.137 e. The van der Waals surface area contributed by atoms with Gasteiger partial charge in [0.25, 0.3) is 0 Å². The highest BCUT2D eigenvalue weighted by atomic mass is 79.9. The van der Waals surface area contributed by atoms with Crippen molar-refractivity contribution in [2.24, 2.45) is 0 Å². The summed E-state index contributed by atoms with van der Waals surface area (Å²) in [5.74, 6) is -0.455. The van der Waals surface area contributed by atoms with Gasteiger partial charge in [-0.25, -0.2) is 4.39 Å². The van der Waals surface area contributed by atoms with E-state index >= 15 is 0 Å². The van der Waals surface area contributed by atoms with E-state index in [4.69, 9.17) is 0 Å². The van der Waals surface area contributed by atoms with Gasteiger partial charge < -0.3 is 10.2 Å². The summed E-state index contributed by atoms with van der Waals surface area (Å²) in [4.78, 5) is 0. The molecule has 14 heavy (non-hydrogen) atoms. The quantitative estimate of drug-likeness (QED) is 0.837. The largest absolute Gasteiger partial charge is 0.389 e. The zero-order valence-corrected chi connectivity index (χ0v) is 10.3. The number of hydrogen-bond donors (Lipinski definition) is 2. The first-order chi connectivity index (χ1) is 6.57. The summed E-state index contributed by atoms with van der Waals surface area (Å²) in [6, 6.07) is 4.32. The molecule has 0 fully saturated rings. The molecule has 78 valence electrons. The molecule has 2 atom stereocenters. The van der Waals surface area contributed by atoms with E-state index in [0.29, 0.717) is 5.56 Å². The maximum absolute atomic E-state index is 13.1. The normalized spacial score (nSPS) is 15.2. The van der Waals surface area contributed by atoms with Crippen LogP contribution in [0.1, 0.15) is 11.7 Å². The van der Waals surface area contributed by atoms with E-state index in [1.165, 1.54) is 12.1 Å². The SMILES string of the molecule is OC(CBr)C(O)c1cccc(F)c1Br. The molecule has 0 heterocycles. The van der Waals surface area contributed by atoms with Crippen molar-refractivity contribution >= 4 is 31.9 Å². The van der Waals surface area contributed by atoms with Gasteiger partial charge >= 0.3 is 0 Å². The van der Waals surface area contributed by atoms with Gasteiger partial charge in [-0.05, 0) is 22.0 Å². The van der Waals surface area contributed by atoms with Crippen molar-refractivity contribution in [1.29, 1.82) is 0 Å². The summed E-state index contributed by atoms with van der Waals surface area (Å²) < 4.78 is 13.2. The highest BCUT2D eigenvalue weighted by Crippen LogP contribution is 2.28. The second-order valence-corrected chi connectivity index (χ2v) is 4.25.